The van der Waals surface area contributed by atoms with Crippen molar-refractivity contribution in [1.82, 2.24) is 5.32 Å². The number of alkyl halides is 13. The Balaban J connectivity index is 1.41. The molecule has 0 heterocycles. The number of aryl methyl sites for hydroxylation is 1. The average molecular weight is 720 g/mol. The van der Waals surface area contributed by atoms with E-state index in [0.29, 0.717) is 32.5 Å². The zero-order valence-electron chi connectivity index (χ0n) is 26.2. The van der Waals surface area contributed by atoms with Gasteiger partial charge in [0.2, 0.25) is 0 Å². The van der Waals surface area contributed by atoms with Gasteiger partial charge in [-0.1, -0.05) is 13.0 Å². The molecule has 3 unspecified atom stereocenters. The van der Waals surface area contributed by atoms with Crippen LogP contribution >= 0.6 is 0 Å². The Morgan fingerprint density at radius 2 is 1.42 bits per heavy atom. The van der Waals surface area contributed by atoms with Crippen LogP contribution in [0.1, 0.15) is 68.9 Å². The number of halogens is 13. The fourth-order valence-electron chi connectivity index (χ4n) is 7.94. The fourth-order valence-corrected chi connectivity index (χ4v) is 7.94. The molecule has 0 aliphatic heterocycles. The fraction of sp³-hybridized carbons (Fsp3) is 0.806. The molecule has 17 heteroatoms. The van der Waals surface area contributed by atoms with Gasteiger partial charge in [0, 0.05) is 19.8 Å². The third-order valence-corrected chi connectivity index (χ3v) is 10.5. The molecule has 1 aromatic carbocycles. The molecule has 5 atom stereocenters. The quantitative estimate of drug-likeness (QED) is 0.163. The zero-order chi connectivity index (χ0) is 36.0. The van der Waals surface area contributed by atoms with Crippen molar-refractivity contribution in [2.75, 3.05) is 33.5 Å². The van der Waals surface area contributed by atoms with Crippen LogP contribution in [-0.4, -0.2) is 75.5 Å². The highest BCUT2D eigenvalue weighted by atomic mass is 19.4. The molecule has 3 aliphatic rings. The summed E-state index contributed by atoms with van der Waals surface area (Å²) in [6.07, 6.45) is -16.8. The van der Waals surface area contributed by atoms with Crippen LogP contribution in [0, 0.1) is 17.3 Å². The maximum atomic E-state index is 14.7. The summed E-state index contributed by atoms with van der Waals surface area (Å²) in [6, 6.07) is 5.18. The summed E-state index contributed by atoms with van der Waals surface area (Å²) >= 11 is 0. The number of unbranched alkanes of at least 4 members (excludes halogenated alkanes) is 1. The first kappa shape index (κ1) is 38.8. The highest BCUT2D eigenvalue weighted by Gasteiger charge is 2.86. The van der Waals surface area contributed by atoms with Crippen molar-refractivity contribution in [3.63, 3.8) is 0 Å². The lowest BCUT2D eigenvalue weighted by atomic mass is 9.55. The highest BCUT2D eigenvalue weighted by molar-refractivity contribution is 5.41. The Morgan fingerprint density at radius 3 is 2.02 bits per heavy atom. The molecular weight excluding hydrogens is 681 g/mol. The minimum absolute atomic E-state index is 0.00190. The molecule has 0 aromatic heterocycles. The van der Waals surface area contributed by atoms with Crippen molar-refractivity contribution in [2.45, 2.75) is 106 Å². The lowest BCUT2D eigenvalue weighted by Gasteiger charge is -2.51. The van der Waals surface area contributed by atoms with E-state index in [4.69, 9.17) is 9.47 Å². The van der Waals surface area contributed by atoms with Crippen molar-refractivity contribution >= 4 is 0 Å². The molecule has 0 saturated heterocycles. The minimum Gasteiger partial charge on any atom is -0.494 e. The van der Waals surface area contributed by atoms with Gasteiger partial charge >= 0.3 is 36.0 Å². The summed E-state index contributed by atoms with van der Waals surface area (Å²) in [6.45, 7) is -2.39. The van der Waals surface area contributed by atoms with E-state index in [9.17, 15) is 57.1 Å². The number of fused-ring (bicyclic) bond motifs is 5. The van der Waals surface area contributed by atoms with Crippen LogP contribution in [0.4, 0.5) is 57.1 Å². The zero-order valence-corrected chi connectivity index (χ0v) is 26.2. The number of benzene rings is 1. The van der Waals surface area contributed by atoms with Crippen LogP contribution in [0.25, 0.3) is 0 Å². The Hall–Kier alpha value is -2.01. The SMILES string of the molecule is COCCCCOc1ccc2c(c1)CCC1C2CC[C@@]2(C)C1CC[C@@H]2NCC(F)(F)C(F)(F)COC(C(F)(F)F)(C(F)(F)F)C(F)(F)F. The van der Waals surface area contributed by atoms with E-state index in [1.165, 1.54) is 0 Å². The summed E-state index contributed by atoms with van der Waals surface area (Å²) in [5.74, 6) is -10.1. The Kier molecular flexibility index (Phi) is 11.0. The van der Waals surface area contributed by atoms with Crippen molar-refractivity contribution in [3.8, 4) is 5.75 Å². The number of methoxy groups -OCH3 is 1. The third kappa shape index (κ3) is 7.10. The standard InChI is InChI=1S/C31H38F13NO3/c1-25-12-11-21-20-8-6-19(47-14-4-3-13-46-2)15-18(20)5-7-22(21)23(25)9-10-24(25)45-16-26(32,33)27(34,35)17-48-28(29(36,37)38,30(39,40)41)31(42,43)44/h6,8,15,21-24,45H,3-5,7,9-14,16-17H2,1-2H3/t21?,22?,23?,24-,25-/m0/s1. The molecule has 0 radical (unpaired) electrons. The molecule has 4 rings (SSSR count). The van der Waals surface area contributed by atoms with Crippen LogP contribution in [0.15, 0.2) is 18.2 Å². The van der Waals surface area contributed by atoms with Gasteiger partial charge in [0.25, 0.3) is 0 Å². The van der Waals surface area contributed by atoms with E-state index in [-0.39, 0.29) is 24.2 Å². The van der Waals surface area contributed by atoms with Gasteiger partial charge in [0.05, 0.1) is 13.2 Å². The number of nitrogens with one attached hydrogen (secondary N) is 1. The summed E-state index contributed by atoms with van der Waals surface area (Å²) < 4.78 is 190. The maximum Gasteiger partial charge on any atom is 0.435 e. The summed E-state index contributed by atoms with van der Waals surface area (Å²) in [5.41, 5.74) is -5.43. The van der Waals surface area contributed by atoms with Gasteiger partial charge in [0.15, 0.2) is 0 Å². The largest absolute Gasteiger partial charge is 0.494 e. The molecule has 2 fully saturated rings. The van der Waals surface area contributed by atoms with E-state index in [1.807, 2.05) is 25.1 Å². The van der Waals surface area contributed by atoms with Gasteiger partial charge in [-0.2, -0.15) is 57.1 Å². The van der Waals surface area contributed by atoms with E-state index in [0.717, 1.165) is 42.6 Å². The van der Waals surface area contributed by atoms with Gasteiger partial charge in [0.1, 0.15) is 12.4 Å². The monoisotopic (exact) mass is 719 g/mol. The van der Waals surface area contributed by atoms with Crippen LogP contribution in [-0.2, 0) is 15.9 Å². The van der Waals surface area contributed by atoms with Crippen molar-refractivity contribution in [2.24, 2.45) is 17.3 Å². The van der Waals surface area contributed by atoms with Gasteiger partial charge in [-0.15, -0.1) is 0 Å². The third-order valence-electron chi connectivity index (χ3n) is 10.5. The summed E-state index contributed by atoms with van der Waals surface area (Å²) in [5, 5.41) is 2.33. The van der Waals surface area contributed by atoms with E-state index >= 15 is 0 Å². The van der Waals surface area contributed by atoms with Crippen LogP contribution in [0.5, 0.6) is 5.75 Å². The first-order valence-corrected chi connectivity index (χ1v) is 15.6. The van der Waals surface area contributed by atoms with Gasteiger partial charge in [-0.3, -0.25) is 0 Å². The van der Waals surface area contributed by atoms with Crippen LogP contribution in [0.2, 0.25) is 0 Å². The van der Waals surface area contributed by atoms with Crippen LogP contribution < -0.4 is 10.1 Å². The number of ether oxygens (including phenoxy) is 3. The molecule has 0 bridgehead atoms. The van der Waals surface area contributed by atoms with Crippen molar-refractivity contribution in [3.05, 3.63) is 29.3 Å². The van der Waals surface area contributed by atoms with E-state index in [1.54, 1.807) is 7.11 Å². The number of hydrogen-bond donors (Lipinski definition) is 1. The second-order valence-electron chi connectivity index (χ2n) is 13.3. The van der Waals surface area contributed by atoms with Gasteiger partial charge in [-0.05, 0) is 97.8 Å². The first-order valence-electron chi connectivity index (χ1n) is 15.6. The summed E-state index contributed by atoms with van der Waals surface area (Å²) in [7, 11) is 1.63. The smallest absolute Gasteiger partial charge is 0.435 e. The van der Waals surface area contributed by atoms with Gasteiger partial charge < -0.3 is 19.5 Å². The number of rotatable bonds is 13. The minimum atomic E-state index is -7.33. The first-order chi connectivity index (χ1) is 22.0. The molecule has 276 valence electrons. The van der Waals surface area contributed by atoms with E-state index < -0.39 is 60.6 Å². The molecule has 48 heavy (non-hydrogen) atoms. The number of hydrogen-bond acceptors (Lipinski definition) is 4. The van der Waals surface area contributed by atoms with Gasteiger partial charge in [-0.25, -0.2) is 0 Å². The molecule has 3 aliphatic carbocycles. The predicted octanol–water partition coefficient (Wildman–Crippen LogP) is 9.02. The Labute approximate surface area is 269 Å². The predicted molar refractivity (Wildman–Crippen MR) is 146 cm³/mol. The lowest BCUT2D eigenvalue weighted by Crippen LogP contribution is -2.69. The molecule has 1 aromatic rings. The van der Waals surface area contributed by atoms with Crippen LogP contribution in [0.3, 0.4) is 0 Å². The second kappa shape index (κ2) is 13.6. The molecule has 1 N–H and O–H groups in total. The molecule has 2 saturated carbocycles. The molecule has 0 spiro atoms. The highest BCUT2D eigenvalue weighted by Crippen LogP contribution is 2.61. The average Bonchev–Trinajstić information content (AvgIpc) is 3.29. The Bertz CT molecular complexity index is 1210. The second-order valence-corrected chi connectivity index (χ2v) is 13.3. The van der Waals surface area contributed by atoms with Crippen molar-refractivity contribution < 1.29 is 71.3 Å². The Morgan fingerprint density at radius 1 is 0.792 bits per heavy atom. The molecule has 0 amide bonds. The molecular formula is C31H38F13NO3. The maximum absolute atomic E-state index is 14.7. The van der Waals surface area contributed by atoms with Crippen molar-refractivity contribution in [1.29, 1.82) is 0 Å². The lowest BCUT2D eigenvalue weighted by molar-refractivity contribution is -0.464. The normalized spacial score (nSPS) is 27.0. The summed E-state index contributed by atoms with van der Waals surface area (Å²) in [4.78, 5) is 0. The molecule has 4 nitrogen and oxygen atoms in total. The van der Waals surface area contributed by atoms with E-state index in [2.05, 4.69) is 10.1 Å². The topological polar surface area (TPSA) is 39.7 Å².